The minimum atomic E-state index is -0.486. The number of aromatic nitrogens is 1. The van der Waals surface area contributed by atoms with Crippen molar-refractivity contribution in [1.82, 2.24) is 4.98 Å². The molecule has 0 aliphatic heterocycles. The summed E-state index contributed by atoms with van der Waals surface area (Å²) in [7, 11) is 1.57. The third kappa shape index (κ3) is 3.33. The van der Waals surface area contributed by atoms with Gasteiger partial charge < -0.3 is 9.47 Å². The Morgan fingerprint density at radius 3 is 2.62 bits per heavy atom. The maximum atomic E-state index is 10.9. The monoisotopic (exact) mass is 416 g/mol. The van der Waals surface area contributed by atoms with Crippen LogP contribution in [0.15, 0.2) is 33.3 Å². The average Bonchev–Trinajstić information content (AvgIpc) is 2.45. The molecule has 110 valence electrons. The number of nitrogens with zero attached hydrogens (tertiary/aromatic N) is 2. The van der Waals surface area contributed by atoms with Gasteiger partial charge in [-0.25, -0.2) is 4.98 Å². The molecule has 0 aliphatic carbocycles. The minimum Gasteiger partial charge on any atom is -0.497 e. The van der Waals surface area contributed by atoms with Crippen molar-refractivity contribution in [3.05, 3.63) is 49.0 Å². The molecule has 21 heavy (non-hydrogen) atoms. The van der Waals surface area contributed by atoms with Crippen LogP contribution in [-0.4, -0.2) is 17.0 Å². The lowest BCUT2D eigenvalue weighted by Crippen LogP contribution is -1.97. The Bertz CT molecular complexity index is 707. The molecule has 6 nitrogen and oxygen atoms in total. The molecule has 0 N–H and O–H groups in total. The number of methoxy groups -OCH3 is 1. The molecule has 2 aromatic rings. The van der Waals surface area contributed by atoms with E-state index >= 15 is 0 Å². The van der Waals surface area contributed by atoms with Gasteiger partial charge >= 0.3 is 0 Å². The summed E-state index contributed by atoms with van der Waals surface area (Å²) < 4.78 is 11.9. The van der Waals surface area contributed by atoms with Crippen molar-refractivity contribution in [3.8, 4) is 17.4 Å². The van der Waals surface area contributed by atoms with Crippen molar-refractivity contribution < 1.29 is 14.4 Å². The first-order valence-electron chi connectivity index (χ1n) is 5.75. The molecule has 0 unspecified atom stereocenters. The van der Waals surface area contributed by atoms with Gasteiger partial charge in [0.2, 0.25) is 5.88 Å². The molecular weight excluding hydrogens is 408 g/mol. The van der Waals surface area contributed by atoms with E-state index in [1.165, 1.54) is 6.20 Å². The second kappa shape index (κ2) is 6.40. The first-order valence-corrected chi connectivity index (χ1v) is 7.33. The molecule has 0 radical (unpaired) electrons. The molecule has 0 atom stereocenters. The number of benzene rings is 1. The van der Waals surface area contributed by atoms with Crippen LogP contribution in [0, 0.1) is 17.0 Å². The van der Waals surface area contributed by atoms with Gasteiger partial charge in [0.1, 0.15) is 17.7 Å². The van der Waals surface area contributed by atoms with E-state index in [-0.39, 0.29) is 11.6 Å². The van der Waals surface area contributed by atoms with Crippen LogP contribution in [0.25, 0.3) is 0 Å². The van der Waals surface area contributed by atoms with Crippen LogP contribution < -0.4 is 9.47 Å². The molecule has 0 fully saturated rings. The van der Waals surface area contributed by atoms with Gasteiger partial charge in [0.15, 0.2) is 0 Å². The van der Waals surface area contributed by atoms with Crippen LogP contribution >= 0.6 is 31.9 Å². The zero-order valence-corrected chi connectivity index (χ0v) is 14.3. The summed E-state index contributed by atoms with van der Waals surface area (Å²) in [6, 6.07) is 5.21. The number of hydrogen-bond donors (Lipinski definition) is 0. The third-order valence-corrected chi connectivity index (χ3v) is 4.30. The van der Waals surface area contributed by atoms with E-state index in [0.29, 0.717) is 26.0 Å². The Balaban J connectivity index is 2.36. The van der Waals surface area contributed by atoms with Crippen molar-refractivity contribution in [2.24, 2.45) is 0 Å². The molecule has 1 aromatic heterocycles. The summed E-state index contributed by atoms with van der Waals surface area (Å²) in [4.78, 5) is 14.3. The summed E-state index contributed by atoms with van der Waals surface area (Å²) in [6.45, 7) is 1.62. The minimum absolute atomic E-state index is 0.0666. The maximum absolute atomic E-state index is 10.9. The third-order valence-electron chi connectivity index (χ3n) is 2.75. The first kappa shape index (κ1) is 15.7. The number of ether oxygens (including phenoxy) is 2. The predicted molar refractivity (Wildman–Crippen MR) is 84.1 cm³/mol. The van der Waals surface area contributed by atoms with Gasteiger partial charge in [0.05, 0.1) is 21.0 Å². The Kier molecular flexibility index (Phi) is 4.79. The predicted octanol–water partition coefficient (Wildman–Crippen LogP) is 4.62. The molecule has 0 saturated carbocycles. The Labute approximate surface area is 137 Å². The van der Waals surface area contributed by atoms with E-state index in [1.54, 1.807) is 32.2 Å². The molecule has 2 rings (SSSR count). The zero-order valence-electron chi connectivity index (χ0n) is 11.1. The highest BCUT2D eigenvalue weighted by Crippen LogP contribution is 2.37. The quantitative estimate of drug-likeness (QED) is 0.535. The van der Waals surface area contributed by atoms with Gasteiger partial charge in [-0.05, 0) is 57.0 Å². The van der Waals surface area contributed by atoms with Crippen molar-refractivity contribution in [1.29, 1.82) is 0 Å². The smallest absolute Gasteiger partial charge is 0.291 e. The van der Waals surface area contributed by atoms with Gasteiger partial charge in [-0.15, -0.1) is 0 Å². The van der Waals surface area contributed by atoms with Gasteiger partial charge in [-0.2, -0.15) is 0 Å². The van der Waals surface area contributed by atoms with Crippen LogP contribution in [0.2, 0.25) is 0 Å². The van der Waals surface area contributed by atoms with Crippen molar-refractivity contribution >= 4 is 37.5 Å². The Hall–Kier alpha value is -1.67. The Morgan fingerprint density at radius 2 is 2.05 bits per heavy atom. The Morgan fingerprint density at radius 1 is 1.33 bits per heavy atom. The highest BCUT2D eigenvalue weighted by atomic mass is 79.9. The van der Waals surface area contributed by atoms with Crippen molar-refractivity contribution in [2.75, 3.05) is 7.11 Å². The molecule has 0 bridgehead atoms. The second-order valence-corrected chi connectivity index (χ2v) is 5.69. The number of nitro groups is 1. The maximum Gasteiger partial charge on any atom is 0.291 e. The van der Waals surface area contributed by atoms with E-state index in [2.05, 4.69) is 36.8 Å². The van der Waals surface area contributed by atoms with E-state index in [9.17, 15) is 10.1 Å². The lowest BCUT2D eigenvalue weighted by atomic mass is 10.2. The molecule has 0 amide bonds. The van der Waals surface area contributed by atoms with Crippen molar-refractivity contribution in [3.63, 3.8) is 0 Å². The molecule has 0 spiro atoms. The molecule has 0 saturated heterocycles. The van der Waals surface area contributed by atoms with E-state index in [4.69, 9.17) is 9.47 Å². The van der Waals surface area contributed by atoms with Crippen molar-refractivity contribution in [2.45, 2.75) is 6.92 Å². The molecular formula is C13H10Br2N2O4. The van der Waals surface area contributed by atoms with Crippen LogP contribution in [-0.2, 0) is 0 Å². The summed E-state index contributed by atoms with van der Waals surface area (Å²) >= 11 is 6.65. The van der Waals surface area contributed by atoms with E-state index < -0.39 is 4.92 Å². The van der Waals surface area contributed by atoms with Crippen LogP contribution in [0.5, 0.6) is 17.4 Å². The normalized spacial score (nSPS) is 10.3. The highest BCUT2D eigenvalue weighted by Gasteiger charge is 2.19. The summed E-state index contributed by atoms with van der Waals surface area (Å²) in [5.74, 6) is 1.46. The summed E-state index contributed by atoms with van der Waals surface area (Å²) in [5.41, 5.74) is 0.387. The second-order valence-electron chi connectivity index (χ2n) is 4.04. The van der Waals surface area contributed by atoms with Crippen LogP contribution in [0.3, 0.4) is 0 Å². The number of pyridine rings is 1. The standard InChI is InChI=1S/C13H10Br2N2O4/c1-7-10(17(18)19)6-16-13(12(7)15)21-11-4-3-8(20-2)5-9(11)14/h3-6H,1-2H3. The van der Waals surface area contributed by atoms with Gasteiger partial charge in [0, 0.05) is 5.56 Å². The average molecular weight is 418 g/mol. The lowest BCUT2D eigenvalue weighted by molar-refractivity contribution is -0.385. The summed E-state index contributed by atoms with van der Waals surface area (Å²) in [5, 5.41) is 10.9. The molecule has 1 heterocycles. The SMILES string of the molecule is COc1ccc(Oc2ncc([N+](=O)[O-])c(C)c2Br)c(Br)c1. The van der Waals surface area contributed by atoms with Gasteiger partial charge in [-0.1, -0.05) is 0 Å². The fraction of sp³-hybridized carbons (Fsp3) is 0.154. The van der Waals surface area contributed by atoms with Crippen LogP contribution in [0.4, 0.5) is 5.69 Å². The molecule has 1 aromatic carbocycles. The number of halogens is 2. The molecule has 8 heteroatoms. The summed E-state index contributed by atoms with van der Waals surface area (Å²) in [6.07, 6.45) is 1.17. The fourth-order valence-electron chi connectivity index (χ4n) is 1.60. The van der Waals surface area contributed by atoms with E-state index in [0.717, 1.165) is 0 Å². The lowest BCUT2D eigenvalue weighted by Gasteiger charge is -2.10. The van der Waals surface area contributed by atoms with Gasteiger partial charge in [0.25, 0.3) is 5.69 Å². The first-order chi connectivity index (χ1) is 9.93. The number of rotatable bonds is 4. The van der Waals surface area contributed by atoms with Crippen LogP contribution in [0.1, 0.15) is 5.56 Å². The zero-order chi connectivity index (χ0) is 15.6. The van der Waals surface area contributed by atoms with Gasteiger partial charge in [-0.3, -0.25) is 10.1 Å². The largest absolute Gasteiger partial charge is 0.497 e. The van der Waals surface area contributed by atoms with E-state index in [1.807, 2.05) is 0 Å². The highest BCUT2D eigenvalue weighted by molar-refractivity contribution is 9.11. The number of hydrogen-bond acceptors (Lipinski definition) is 5. The molecule has 0 aliphatic rings. The topological polar surface area (TPSA) is 74.5 Å². The fourth-order valence-corrected chi connectivity index (χ4v) is 2.42.